The number of nitrogens with zero attached hydrogens (tertiary/aromatic N) is 1. The second kappa shape index (κ2) is 2.64. The number of likely N-dealkylation sites (tertiary alicyclic amines) is 1. The van der Waals surface area contributed by atoms with Crippen LogP contribution in [0.15, 0.2) is 0 Å². The third-order valence-electron chi connectivity index (χ3n) is 2.30. The second-order valence-corrected chi connectivity index (χ2v) is 2.95. The van der Waals surface area contributed by atoms with Crippen LogP contribution in [0.25, 0.3) is 0 Å². The van der Waals surface area contributed by atoms with E-state index in [0.29, 0.717) is 6.54 Å². The molecule has 0 bridgehead atoms. The molecule has 0 radical (unpaired) electrons. The van der Waals surface area contributed by atoms with Crippen LogP contribution in [-0.4, -0.2) is 29.2 Å². The zero-order chi connectivity index (χ0) is 8.59. The maximum Gasteiger partial charge on any atom is 0.235 e. The molecule has 11 heavy (non-hydrogen) atoms. The molecule has 0 spiro atoms. The Morgan fingerprint density at radius 2 is 2.18 bits per heavy atom. The minimum absolute atomic E-state index is 0.00694. The number of hydrogen-bond donors (Lipinski definition) is 0. The van der Waals surface area contributed by atoms with Crippen LogP contribution in [0.5, 0.6) is 0 Å². The summed E-state index contributed by atoms with van der Waals surface area (Å²) in [4.78, 5) is 23.7. The van der Waals surface area contributed by atoms with E-state index in [4.69, 9.17) is 0 Å². The third-order valence-corrected chi connectivity index (χ3v) is 2.30. The number of β-lactam (4-membered cyclic amide) rings is 1. The van der Waals surface area contributed by atoms with Gasteiger partial charge in [-0.25, -0.2) is 0 Å². The van der Waals surface area contributed by atoms with E-state index in [0.717, 1.165) is 0 Å². The van der Waals surface area contributed by atoms with Crippen molar-refractivity contribution in [2.45, 2.75) is 26.8 Å². The zero-order valence-corrected chi connectivity index (χ0v) is 7.13. The van der Waals surface area contributed by atoms with Crippen LogP contribution < -0.4 is 0 Å². The van der Waals surface area contributed by atoms with Gasteiger partial charge >= 0.3 is 0 Å². The maximum absolute atomic E-state index is 11.1. The number of rotatable bonds is 2. The quantitative estimate of drug-likeness (QED) is 0.428. The molecule has 0 N–H and O–H groups in total. The molecule has 0 aromatic rings. The van der Waals surface area contributed by atoms with Crippen molar-refractivity contribution in [3.63, 3.8) is 0 Å². The summed E-state index contributed by atoms with van der Waals surface area (Å²) in [7, 11) is 0. The molecule has 1 amide bonds. The Morgan fingerprint density at radius 3 is 2.45 bits per heavy atom. The molecule has 1 rings (SSSR count). The summed E-state index contributed by atoms with van der Waals surface area (Å²) in [6.07, 6.45) is 0. The largest absolute Gasteiger partial charge is 0.338 e. The van der Waals surface area contributed by atoms with Crippen molar-refractivity contribution in [2.24, 2.45) is 5.92 Å². The van der Waals surface area contributed by atoms with E-state index in [2.05, 4.69) is 0 Å². The average Bonchev–Trinajstić information content (AvgIpc) is 1.87. The van der Waals surface area contributed by atoms with Crippen molar-refractivity contribution in [3.05, 3.63) is 0 Å². The van der Waals surface area contributed by atoms with E-state index in [1.165, 1.54) is 6.92 Å². The number of amides is 1. The average molecular weight is 155 g/mol. The number of Topliss-reactive ketones (excluding diaryl/α,β-unsaturated/α-hetero) is 1. The minimum Gasteiger partial charge on any atom is -0.338 e. The molecule has 62 valence electrons. The van der Waals surface area contributed by atoms with Crippen molar-refractivity contribution in [1.82, 2.24) is 4.90 Å². The highest BCUT2D eigenvalue weighted by molar-refractivity contribution is 6.05. The lowest BCUT2D eigenvalue weighted by molar-refractivity contribution is -0.159. The smallest absolute Gasteiger partial charge is 0.235 e. The van der Waals surface area contributed by atoms with Crippen molar-refractivity contribution in [2.75, 3.05) is 6.54 Å². The van der Waals surface area contributed by atoms with E-state index < -0.39 is 0 Å². The highest BCUT2D eigenvalue weighted by Crippen LogP contribution is 2.26. The van der Waals surface area contributed by atoms with Gasteiger partial charge in [-0.3, -0.25) is 9.59 Å². The fourth-order valence-corrected chi connectivity index (χ4v) is 1.64. The van der Waals surface area contributed by atoms with E-state index in [9.17, 15) is 9.59 Å². The zero-order valence-electron chi connectivity index (χ0n) is 7.13. The standard InChI is InChI=1S/C8H13NO2/c1-4-9-5(2)7(6(3)10)8(9)11/h5,7H,4H2,1-3H3/t5-,7+/m0/s1. The lowest BCUT2D eigenvalue weighted by atomic mass is 9.86. The molecule has 0 aromatic heterocycles. The molecule has 1 fully saturated rings. The first-order valence-electron chi connectivity index (χ1n) is 3.90. The highest BCUT2D eigenvalue weighted by Gasteiger charge is 2.45. The Hall–Kier alpha value is -0.860. The fourth-order valence-electron chi connectivity index (χ4n) is 1.64. The van der Waals surface area contributed by atoms with Gasteiger partial charge in [0.05, 0.1) is 0 Å². The van der Waals surface area contributed by atoms with Gasteiger partial charge in [0.25, 0.3) is 0 Å². The summed E-state index contributed by atoms with van der Waals surface area (Å²) < 4.78 is 0. The molecule has 1 heterocycles. The van der Waals surface area contributed by atoms with Crippen molar-refractivity contribution in [3.8, 4) is 0 Å². The molecular formula is C8H13NO2. The van der Waals surface area contributed by atoms with E-state index in [1.54, 1.807) is 4.90 Å². The van der Waals surface area contributed by atoms with Crippen molar-refractivity contribution in [1.29, 1.82) is 0 Å². The molecular weight excluding hydrogens is 142 g/mol. The lowest BCUT2D eigenvalue weighted by Crippen LogP contribution is -2.61. The molecule has 3 heteroatoms. The maximum atomic E-state index is 11.1. The van der Waals surface area contributed by atoms with Crippen LogP contribution in [0.4, 0.5) is 0 Å². The molecule has 2 atom stereocenters. The van der Waals surface area contributed by atoms with Gasteiger partial charge in [-0.1, -0.05) is 0 Å². The normalized spacial score (nSPS) is 30.1. The first-order valence-corrected chi connectivity index (χ1v) is 3.90. The first kappa shape index (κ1) is 8.24. The number of carbonyl (C=O) groups is 2. The Bertz CT molecular complexity index is 200. The van der Waals surface area contributed by atoms with Gasteiger partial charge in [-0.05, 0) is 20.8 Å². The van der Waals surface area contributed by atoms with Crippen molar-refractivity contribution >= 4 is 11.7 Å². The van der Waals surface area contributed by atoms with Gasteiger partial charge in [0.15, 0.2) is 0 Å². The van der Waals surface area contributed by atoms with Gasteiger partial charge in [0.2, 0.25) is 5.91 Å². The van der Waals surface area contributed by atoms with E-state index in [-0.39, 0.29) is 23.7 Å². The number of hydrogen-bond acceptors (Lipinski definition) is 2. The lowest BCUT2D eigenvalue weighted by Gasteiger charge is -2.43. The molecule has 1 aliphatic heterocycles. The molecule has 3 nitrogen and oxygen atoms in total. The monoisotopic (exact) mass is 155 g/mol. The molecule has 0 unspecified atom stereocenters. The molecule has 0 aliphatic carbocycles. The van der Waals surface area contributed by atoms with Crippen molar-refractivity contribution < 1.29 is 9.59 Å². The molecule has 1 aliphatic rings. The van der Waals surface area contributed by atoms with Crippen LogP contribution in [0.2, 0.25) is 0 Å². The van der Waals surface area contributed by atoms with Crippen LogP contribution in [0.3, 0.4) is 0 Å². The highest BCUT2D eigenvalue weighted by atomic mass is 16.2. The van der Waals surface area contributed by atoms with Crippen LogP contribution in [0.1, 0.15) is 20.8 Å². The Labute approximate surface area is 66.4 Å². The number of ketones is 1. The second-order valence-electron chi connectivity index (χ2n) is 2.95. The fraction of sp³-hybridized carbons (Fsp3) is 0.750. The van der Waals surface area contributed by atoms with Crippen LogP contribution in [0, 0.1) is 5.92 Å². The SMILES string of the molecule is CCN1C(=O)[C@@H](C(C)=O)[C@@H]1C. The van der Waals surface area contributed by atoms with Gasteiger partial charge < -0.3 is 4.90 Å². The Kier molecular flexibility index (Phi) is 1.98. The first-order chi connectivity index (χ1) is 5.09. The van der Waals surface area contributed by atoms with Gasteiger partial charge in [0, 0.05) is 12.6 Å². The third kappa shape index (κ3) is 1.04. The van der Waals surface area contributed by atoms with Gasteiger partial charge in [-0.15, -0.1) is 0 Å². The summed E-state index contributed by atoms with van der Waals surface area (Å²) >= 11 is 0. The Balaban J connectivity index is 2.64. The van der Waals surface area contributed by atoms with E-state index in [1.807, 2.05) is 13.8 Å². The minimum atomic E-state index is -0.352. The summed E-state index contributed by atoms with van der Waals surface area (Å²) in [5.41, 5.74) is 0. The number of carbonyl (C=O) groups excluding carboxylic acids is 2. The van der Waals surface area contributed by atoms with Crippen LogP contribution in [-0.2, 0) is 9.59 Å². The van der Waals surface area contributed by atoms with Crippen LogP contribution >= 0.6 is 0 Å². The van der Waals surface area contributed by atoms with Gasteiger partial charge in [0.1, 0.15) is 11.7 Å². The van der Waals surface area contributed by atoms with E-state index >= 15 is 0 Å². The topological polar surface area (TPSA) is 37.4 Å². The predicted molar refractivity (Wildman–Crippen MR) is 41.0 cm³/mol. The molecule has 1 saturated heterocycles. The molecule has 0 aromatic carbocycles. The van der Waals surface area contributed by atoms with Gasteiger partial charge in [-0.2, -0.15) is 0 Å². The summed E-state index contributed by atoms with van der Waals surface area (Å²) in [6.45, 7) is 6.03. The Morgan fingerprint density at radius 1 is 1.64 bits per heavy atom. The summed E-state index contributed by atoms with van der Waals surface area (Å²) in [6, 6.07) is 0.116. The predicted octanol–water partition coefficient (Wildman–Crippen LogP) is 0.442. The summed E-state index contributed by atoms with van der Waals surface area (Å²) in [5, 5.41) is 0. The summed E-state index contributed by atoms with van der Waals surface area (Å²) in [5.74, 6) is -0.366. The molecule has 0 saturated carbocycles.